The number of nitrogens with one attached hydrogen (secondary N) is 2. The number of hydrogen-bond donors (Lipinski definition) is 2. The zero-order valence-electron chi connectivity index (χ0n) is 14.0. The van der Waals surface area contributed by atoms with Crippen molar-refractivity contribution in [2.75, 3.05) is 6.54 Å². The molecular weight excluding hydrogens is 304 g/mol. The number of amides is 2. The first-order valence-corrected chi connectivity index (χ1v) is 8.61. The average Bonchev–Trinajstić information content (AvgIpc) is 3.16. The molecule has 0 spiro atoms. The van der Waals surface area contributed by atoms with Crippen LogP contribution in [0.4, 0.5) is 0 Å². The first kappa shape index (κ1) is 16.5. The van der Waals surface area contributed by atoms with E-state index in [0.717, 1.165) is 29.7 Å². The largest absolute Gasteiger partial charge is 0.356 e. The van der Waals surface area contributed by atoms with Crippen molar-refractivity contribution in [1.29, 1.82) is 0 Å². The minimum atomic E-state index is -0.0587. The molecule has 1 fully saturated rings. The first-order chi connectivity index (χ1) is 11.6. The second-order valence-corrected chi connectivity index (χ2v) is 6.38. The molecule has 2 N–H and O–H groups in total. The molecular formula is C18H24N4O2. The van der Waals surface area contributed by atoms with Gasteiger partial charge in [0.05, 0.1) is 11.0 Å². The van der Waals surface area contributed by atoms with Gasteiger partial charge in [-0.1, -0.05) is 25.0 Å². The molecule has 1 aromatic heterocycles. The first-order valence-electron chi connectivity index (χ1n) is 8.61. The smallest absolute Gasteiger partial charge is 0.240 e. The lowest BCUT2D eigenvalue weighted by Gasteiger charge is -2.14. The maximum absolute atomic E-state index is 12.4. The number of imidazole rings is 1. The summed E-state index contributed by atoms with van der Waals surface area (Å²) in [7, 11) is 0. The van der Waals surface area contributed by atoms with E-state index in [1.54, 1.807) is 0 Å². The summed E-state index contributed by atoms with van der Waals surface area (Å²) in [5.41, 5.74) is 1.83. The van der Waals surface area contributed by atoms with Gasteiger partial charge >= 0.3 is 0 Å². The molecule has 0 saturated heterocycles. The van der Waals surface area contributed by atoms with Crippen LogP contribution in [0, 0.1) is 0 Å². The molecule has 6 heteroatoms. The predicted molar refractivity (Wildman–Crippen MR) is 92.5 cm³/mol. The maximum atomic E-state index is 12.4. The van der Waals surface area contributed by atoms with E-state index in [1.807, 2.05) is 28.8 Å². The molecule has 1 aliphatic rings. The van der Waals surface area contributed by atoms with Crippen molar-refractivity contribution in [3.8, 4) is 0 Å². The van der Waals surface area contributed by atoms with Crippen LogP contribution < -0.4 is 10.6 Å². The highest BCUT2D eigenvalue weighted by molar-refractivity contribution is 5.81. The monoisotopic (exact) mass is 328 g/mol. The van der Waals surface area contributed by atoms with Gasteiger partial charge in [-0.2, -0.15) is 0 Å². The SMILES string of the molecule is CC(=O)NCCc1nc2ccccc2n1CC(=O)NC1CCCC1. The van der Waals surface area contributed by atoms with Crippen molar-refractivity contribution in [2.45, 2.75) is 51.6 Å². The standard InChI is InChI=1S/C18H24N4O2/c1-13(23)19-11-10-17-21-15-8-4-5-9-16(15)22(17)12-18(24)20-14-6-2-3-7-14/h4-5,8-9,14H,2-3,6-7,10-12H2,1H3,(H,19,23)(H,20,24). The Labute approximate surface area is 141 Å². The number of fused-ring (bicyclic) bond motifs is 1. The van der Waals surface area contributed by atoms with Gasteiger partial charge < -0.3 is 15.2 Å². The van der Waals surface area contributed by atoms with Crippen molar-refractivity contribution in [3.05, 3.63) is 30.1 Å². The quantitative estimate of drug-likeness (QED) is 0.848. The second kappa shape index (κ2) is 7.47. The van der Waals surface area contributed by atoms with Crippen LogP contribution in [0.2, 0.25) is 0 Å². The number of carbonyl (C=O) groups excluding carboxylic acids is 2. The van der Waals surface area contributed by atoms with E-state index in [0.29, 0.717) is 19.0 Å². The number of carbonyl (C=O) groups is 2. The molecule has 0 radical (unpaired) electrons. The average molecular weight is 328 g/mol. The van der Waals surface area contributed by atoms with Gasteiger partial charge in [0.2, 0.25) is 11.8 Å². The highest BCUT2D eigenvalue weighted by Crippen LogP contribution is 2.19. The maximum Gasteiger partial charge on any atom is 0.240 e. The van der Waals surface area contributed by atoms with Crippen molar-refractivity contribution < 1.29 is 9.59 Å². The summed E-state index contributed by atoms with van der Waals surface area (Å²) in [5, 5.41) is 5.91. The van der Waals surface area contributed by atoms with Gasteiger partial charge in [-0.25, -0.2) is 4.98 Å². The van der Waals surface area contributed by atoms with E-state index < -0.39 is 0 Å². The van der Waals surface area contributed by atoms with Crippen LogP contribution >= 0.6 is 0 Å². The number of aromatic nitrogens is 2. The second-order valence-electron chi connectivity index (χ2n) is 6.38. The van der Waals surface area contributed by atoms with E-state index in [1.165, 1.54) is 19.8 Å². The normalized spacial score (nSPS) is 14.9. The fourth-order valence-corrected chi connectivity index (χ4v) is 3.33. The third-order valence-electron chi connectivity index (χ3n) is 4.48. The third kappa shape index (κ3) is 3.93. The zero-order chi connectivity index (χ0) is 16.9. The molecule has 0 atom stereocenters. The van der Waals surface area contributed by atoms with Gasteiger partial charge in [-0.05, 0) is 25.0 Å². The summed E-state index contributed by atoms with van der Waals surface area (Å²) in [4.78, 5) is 28.1. The van der Waals surface area contributed by atoms with Crippen LogP contribution in [0.15, 0.2) is 24.3 Å². The van der Waals surface area contributed by atoms with Crippen LogP contribution in [0.3, 0.4) is 0 Å². The molecule has 0 unspecified atom stereocenters. The Bertz CT molecular complexity index is 732. The Morgan fingerprint density at radius 3 is 2.75 bits per heavy atom. The summed E-state index contributed by atoms with van der Waals surface area (Å²) >= 11 is 0. The van der Waals surface area contributed by atoms with Crippen molar-refractivity contribution in [2.24, 2.45) is 0 Å². The Balaban J connectivity index is 1.75. The van der Waals surface area contributed by atoms with E-state index in [9.17, 15) is 9.59 Å². The van der Waals surface area contributed by atoms with Gasteiger partial charge in [0.15, 0.2) is 0 Å². The summed E-state index contributed by atoms with van der Waals surface area (Å²) in [6, 6.07) is 8.13. The Morgan fingerprint density at radius 1 is 1.25 bits per heavy atom. The fourth-order valence-electron chi connectivity index (χ4n) is 3.33. The summed E-state index contributed by atoms with van der Waals surface area (Å²) in [5.74, 6) is 0.800. The summed E-state index contributed by atoms with van der Waals surface area (Å²) in [6.45, 7) is 2.29. The molecule has 24 heavy (non-hydrogen) atoms. The van der Waals surface area contributed by atoms with Gasteiger partial charge in [0.1, 0.15) is 12.4 Å². The lowest BCUT2D eigenvalue weighted by atomic mass is 10.2. The molecule has 1 saturated carbocycles. The van der Waals surface area contributed by atoms with Crippen LogP contribution in [0.5, 0.6) is 0 Å². The molecule has 3 rings (SSSR count). The fraction of sp³-hybridized carbons (Fsp3) is 0.500. The molecule has 2 amide bonds. The Hall–Kier alpha value is -2.37. The number of para-hydroxylation sites is 2. The van der Waals surface area contributed by atoms with Gasteiger partial charge in [-0.3, -0.25) is 9.59 Å². The lowest BCUT2D eigenvalue weighted by molar-refractivity contribution is -0.122. The molecule has 1 aliphatic carbocycles. The van der Waals surface area contributed by atoms with Gasteiger partial charge in [-0.15, -0.1) is 0 Å². The third-order valence-corrected chi connectivity index (χ3v) is 4.48. The summed E-state index contributed by atoms with van der Waals surface area (Å²) in [6.07, 6.45) is 5.14. The van der Waals surface area contributed by atoms with Crippen molar-refractivity contribution >= 4 is 22.8 Å². The number of benzene rings is 1. The summed E-state index contributed by atoms with van der Waals surface area (Å²) < 4.78 is 1.96. The molecule has 6 nitrogen and oxygen atoms in total. The highest BCUT2D eigenvalue weighted by atomic mass is 16.2. The van der Waals surface area contributed by atoms with Crippen LogP contribution in [0.25, 0.3) is 11.0 Å². The number of hydrogen-bond acceptors (Lipinski definition) is 3. The van der Waals surface area contributed by atoms with Gasteiger partial charge in [0.25, 0.3) is 0 Å². The molecule has 128 valence electrons. The molecule has 2 aromatic rings. The van der Waals surface area contributed by atoms with E-state index in [2.05, 4.69) is 15.6 Å². The molecule has 1 aromatic carbocycles. The topological polar surface area (TPSA) is 76.0 Å². The van der Waals surface area contributed by atoms with E-state index in [4.69, 9.17) is 0 Å². The minimum absolute atomic E-state index is 0.0332. The molecule has 0 aliphatic heterocycles. The highest BCUT2D eigenvalue weighted by Gasteiger charge is 2.19. The molecule has 0 bridgehead atoms. The van der Waals surface area contributed by atoms with Crippen LogP contribution in [-0.4, -0.2) is 34.0 Å². The predicted octanol–water partition coefficient (Wildman–Crippen LogP) is 1.77. The van der Waals surface area contributed by atoms with Crippen LogP contribution in [-0.2, 0) is 22.6 Å². The van der Waals surface area contributed by atoms with Gasteiger partial charge in [0, 0.05) is 25.9 Å². The Morgan fingerprint density at radius 2 is 2.00 bits per heavy atom. The number of nitrogens with zero attached hydrogens (tertiary/aromatic N) is 2. The van der Waals surface area contributed by atoms with Crippen molar-refractivity contribution in [1.82, 2.24) is 20.2 Å². The van der Waals surface area contributed by atoms with E-state index in [-0.39, 0.29) is 18.4 Å². The molecule has 1 heterocycles. The lowest BCUT2D eigenvalue weighted by Crippen LogP contribution is -2.35. The zero-order valence-corrected chi connectivity index (χ0v) is 14.0. The van der Waals surface area contributed by atoms with E-state index >= 15 is 0 Å². The van der Waals surface area contributed by atoms with Crippen LogP contribution in [0.1, 0.15) is 38.4 Å². The minimum Gasteiger partial charge on any atom is -0.356 e. The Kier molecular flexibility index (Phi) is 5.13. The van der Waals surface area contributed by atoms with Crippen molar-refractivity contribution in [3.63, 3.8) is 0 Å². The number of rotatable bonds is 6.